The van der Waals surface area contributed by atoms with Crippen molar-refractivity contribution in [1.82, 2.24) is 4.98 Å². The first-order chi connectivity index (χ1) is 10.7. The fraction of sp³-hybridized carbons (Fsp3) is 0.333. The van der Waals surface area contributed by atoms with Crippen LogP contribution in [-0.4, -0.2) is 31.3 Å². The maximum atomic E-state index is 12.1. The summed E-state index contributed by atoms with van der Waals surface area (Å²) in [4.78, 5) is 16.0. The van der Waals surface area contributed by atoms with Crippen molar-refractivity contribution < 1.29 is 13.2 Å². The molecule has 0 aliphatic rings. The van der Waals surface area contributed by atoms with Crippen molar-refractivity contribution in [3.8, 4) is 0 Å². The number of carbonyl (C=O) groups excluding carboxylic acids is 1. The molecule has 1 amide bonds. The third-order valence-electron chi connectivity index (χ3n) is 3.24. The average molecular weight is 371 g/mol. The minimum Gasteiger partial charge on any atom is -0.341 e. The molecule has 5 nitrogen and oxygen atoms in total. The Bertz CT molecular complexity index is 849. The monoisotopic (exact) mass is 370 g/mol. The van der Waals surface area contributed by atoms with E-state index in [2.05, 4.69) is 10.3 Å². The van der Waals surface area contributed by atoms with Crippen molar-refractivity contribution in [2.24, 2.45) is 0 Å². The van der Waals surface area contributed by atoms with E-state index in [4.69, 9.17) is 12.2 Å². The van der Waals surface area contributed by atoms with Gasteiger partial charge in [-0.1, -0.05) is 12.1 Å². The number of aryl methyl sites for hydroxylation is 2. The highest BCUT2D eigenvalue weighted by Gasteiger charge is 2.09. The van der Waals surface area contributed by atoms with Crippen molar-refractivity contribution >= 4 is 45.0 Å². The number of hydrogen-bond acceptors (Lipinski definition) is 5. The zero-order valence-corrected chi connectivity index (χ0v) is 15.3. The van der Waals surface area contributed by atoms with Gasteiger partial charge in [0.1, 0.15) is 9.84 Å². The van der Waals surface area contributed by atoms with Crippen LogP contribution in [0.25, 0.3) is 0 Å². The molecule has 2 N–H and O–H groups in total. The third-order valence-corrected chi connectivity index (χ3v) is 5.53. The highest BCUT2D eigenvalue weighted by atomic mass is 32.2. The molecule has 8 heteroatoms. The first kappa shape index (κ1) is 17.8. The number of H-pyrrole nitrogens is 1. The molecule has 1 aromatic heterocycles. The lowest BCUT2D eigenvalue weighted by atomic mass is 10.1. The summed E-state index contributed by atoms with van der Waals surface area (Å²) in [5.41, 5.74) is 2.54. The molecule has 0 spiro atoms. The Kier molecular flexibility index (Phi) is 5.72. The minimum absolute atomic E-state index is 0.109. The molecule has 0 aliphatic carbocycles. The Hall–Kier alpha value is -1.51. The Balaban J connectivity index is 1.94. The second-order valence-corrected chi connectivity index (χ2v) is 9.40. The molecule has 1 aromatic carbocycles. The number of hydrogen-bond donors (Lipinski definition) is 2. The van der Waals surface area contributed by atoms with Crippen molar-refractivity contribution in [2.45, 2.75) is 19.8 Å². The molecular weight excluding hydrogens is 352 g/mol. The first-order valence-electron chi connectivity index (χ1n) is 6.98. The van der Waals surface area contributed by atoms with Gasteiger partial charge >= 0.3 is 0 Å². The van der Waals surface area contributed by atoms with Crippen molar-refractivity contribution in [3.63, 3.8) is 0 Å². The number of aromatic amines is 1. The van der Waals surface area contributed by atoms with Gasteiger partial charge in [-0.15, -0.1) is 11.3 Å². The van der Waals surface area contributed by atoms with E-state index in [0.29, 0.717) is 16.1 Å². The topological polar surface area (TPSA) is 79.0 Å². The van der Waals surface area contributed by atoms with Crippen molar-refractivity contribution in [1.29, 1.82) is 0 Å². The number of carbonyl (C=O) groups is 1. The number of rotatable bonds is 6. The lowest BCUT2D eigenvalue weighted by molar-refractivity contribution is -0.115. The largest absolute Gasteiger partial charge is 0.341 e. The summed E-state index contributed by atoms with van der Waals surface area (Å²) >= 11 is 6.46. The summed E-state index contributed by atoms with van der Waals surface area (Å²) in [5, 5.41) is 2.83. The molecule has 0 bridgehead atoms. The van der Waals surface area contributed by atoms with E-state index in [1.54, 1.807) is 12.1 Å². The zero-order valence-electron chi connectivity index (χ0n) is 12.9. The Labute approximate surface area is 144 Å². The third kappa shape index (κ3) is 5.89. The normalized spacial score (nSPS) is 11.4. The number of anilines is 1. The van der Waals surface area contributed by atoms with Crippen LogP contribution in [0.15, 0.2) is 24.3 Å². The molecule has 0 saturated heterocycles. The fourth-order valence-electron chi connectivity index (χ4n) is 2.01. The molecule has 0 atom stereocenters. The lowest BCUT2D eigenvalue weighted by Crippen LogP contribution is -2.14. The predicted molar refractivity (Wildman–Crippen MR) is 96.4 cm³/mol. The summed E-state index contributed by atoms with van der Waals surface area (Å²) in [5.74, 6) is 0.0123. The molecule has 1 heterocycles. The number of thiazole rings is 1. The van der Waals surface area contributed by atoms with Gasteiger partial charge in [-0.05, 0) is 43.3 Å². The van der Waals surface area contributed by atoms with Crippen LogP contribution in [0, 0.1) is 10.9 Å². The highest BCUT2D eigenvalue weighted by Crippen LogP contribution is 2.16. The number of aromatic nitrogens is 1. The zero-order chi connectivity index (χ0) is 17.0. The van der Waals surface area contributed by atoms with E-state index in [1.807, 2.05) is 19.1 Å². The van der Waals surface area contributed by atoms with Gasteiger partial charge in [0.05, 0.1) is 12.2 Å². The molecule has 0 fully saturated rings. The summed E-state index contributed by atoms with van der Waals surface area (Å²) in [7, 11) is -2.97. The number of sulfone groups is 1. The van der Waals surface area contributed by atoms with Crippen molar-refractivity contribution in [3.05, 3.63) is 44.4 Å². The second-order valence-electron chi connectivity index (χ2n) is 5.36. The van der Waals surface area contributed by atoms with Crippen LogP contribution in [-0.2, 0) is 27.5 Å². The fourth-order valence-corrected chi connectivity index (χ4v) is 3.91. The molecule has 124 valence electrons. The minimum atomic E-state index is -2.97. The van der Waals surface area contributed by atoms with E-state index in [0.717, 1.165) is 16.1 Å². The van der Waals surface area contributed by atoms with Gasteiger partial charge in [0.2, 0.25) is 5.91 Å². The molecule has 23 heavy (non-hydrogen) atoms. The van der Waals surface area contributed by atoms with E-state index in [1.165, 1.54) is 17.6 Å². The van der Waals surface area contributed by atoms with Gasteiger partial charge < -0.3 is 10.3 Å². The highest BCUT2D eigenvalue weighted by molar-refractivity contribution is 7.90. The Morgan fingerprint density at radius 2 is 1.96 bits per heavy atom. The van der Waals surface area contributed by atoms with E-state index in [-0.39, 0.29) is 18.1 Å². The van der Waals surface area contributed by atoms with E-state index in [9.17, 15) is 13.2 Å². The Morgan fingerprint density at radius 3 is 2.48 bits per heavy atom. The lowest BCUT2D eigenvalue weighted by Gasteiger charge is -2.06. The molecule has 2 aromatic rings. The van der Waals surface area contributed by atoms with Crippen LogP contribution < -0.4 is 5.32 Å². The number of nitrogens with one attached hydrogen (secondary N) is 2. The molecule has 0 aliphatic heterocycles. The second kappa shape index (κ2) is 7.37. The molecular formula is C15H18N2O3S3. The maximum Gasteiger partial charge on any atom is 0.229 e. The summed E-state index contributed by atoms with van der Waals surface area (Å²) in [6.45, 7) is 1.89. The standard InChI is InChI=1S/C15H18N2O3S3/c1-10-13(22-15(21)16-10)9-14(18)17-12-5-3-11(4-6-12)7-8-23(2,19)20/h3-6H,7-9H2,1-2H3,(H,16,21)(H,17,18). The predicted octanol–water partition coefficient (Wildman–Crippen LogP) is 2.88. The van der Waals surface area contributed by atoms with E-state index < -0.39 is 9.84 Å². The van der Waals surface area contributed by atoms with Crippen LogP contribution in [0.2, 0.25) is 0 Å². The van der Waals surface area contributed by atoms with Gasteiger partial charge in [0.15, 0.2) is 3.95 Å². The average Bonchev–Trinajstić information content (AvgIpc) is 2.75. The number of amides is 1. The Morgan fingerprint density at radius 1 is 1.30 bits per heavy atom. The summed E-state index contributed by atoms with van der Waals surface area (Å²) in [6.07, 6.45) is 1.97. The van der Waals surface area contributed by atoms with Gasteiger partial charge in [0, 0.05) is 22.5 Å². The van der Waals surface area contributed by atoms with Gasteiger partial charge in [0.25, 0.3) is 0 Å². The van der Waals surface area contributed by atoms with Crippen LogP contribution in [0.4, 0.5) is 5.69 Å². The first-order valence-corrected chi connectivity index (χ1v) is 10.3. The maximum absolute atomic E-state index is 12.1. The summed E-state index contributed by atoms with van der Waals surface area (Å²) in [6, 6.07) is 7.21. The smallest absolute Gasteiger partial charge is 0.229 e. The van der Waals surface area contributed by atoms with Gasteiger partial charge in [-0.2, -0.15) is 0 Å². The van der Waals surface area contributed by atoms with Crippen LogP contribution in [0.1, 0.15) is 16.1 Å². The van der Waals surface area contributed by atoms with Crippen molar-refractivity contribution in [2.75, 3.05) is 17.3 Å². The van der Waals surface area contributed by atoms with Crippen LogP contribution >= 0.6 is 23.6 Å². The van der Waals surface area contributed by atoms with Crippen LogP contribution in [0.5, 0.6) is 0 Å². The molecule has 0 radical (unpaired) electrons. The van der Waals surface area contributed by atoms with E-state index >= 15 is 0 Å². The molecule has 0 saturated carbocycles. The molecule has 2 rings (SSSR count). The number of benzene rings is 1. The van der Waals surface area contributed by atoms with Gasteiger partial charge in [-0.25, -0.2) is 8.42 Å². The van der Waals surface area contributed by atoms with Gasteiger partial charge in [-0.3, -0.25) is 4.79 Å². The summed E-state index contributed by atoms with van der Waals surface area (Å²) < 4.78 is 23.0. The van der Waals surface area contributed by atoms with Crippen LogP contribution in [0.3, 0.4) is 0 Å². The SMILES string of the molecule is Cc1[nH]c(=S)sc1CC(=O)Nc1ccc(CCS(C)(=O)=O)cc1. The quantitative estimate of drug-likeness (QED) is 0.767. The molecule has 0 unspecified atom stereocenters.